The summed E-state index contributed by atoms with van der Waals surface area (Å²) in [5.74, 6) is -0.571. The standard InChI is InChI=1S/C20H20F3NO4S/c1-12(25)24(2)11-14-9-13(19(26)27-3)5-7-17(14)28-15-6-8-18(29-4)16(10-15)20(21,22)23/h5-10H,11H2,1-4H3. The van der Waals surface area contributed by atoms with E-state index >= 15 is 0 Å². The van der Waals surface area contributed by atoms with E-state index in [1.165, 1.54) is 49.3 Å². The van der Waals surface area contributed by atoms with Gasteiger partial charge in [0.05, 0.1) is 18.2 Å². The fourth-order valence-corrected chi connectivity index (χ4v) is 3.11. The van der Waals surface area contributed by atoms with Gasteiger partial charge in [-0.25, -0.2) is 4.79 Å². The molecule has 0 saturated carbocycles. The van der Waals surface area contributed by atoms with E-state index in [1.54, 1.807) is 13.3 Å². The lowest BCUT2D eigenvalue weighted by molar-refractivity contribution is -0.139. The number of methoxy groups -OCH3 is 1. The van der Waals surface area contributed by atoms with E-state index in [1.807, 2.05) is 0 Å². The maximum atomic E-state index is 13.3. The minimum atomic E-state index is -4.52. The molecule has 0 aromatic heterocycles. The van der Waals surface area contributed by atoms with E-state index in [0.29, 0.717) is 5.56 Å². The average molecular weight is 427 g/mol. The van der Waals surface area contributed by atoms with Gasteiger partial charge in [0.15, 0.2) is 0 Å². The molecule has 0 saturated heterocycles. The third kappa shape index (κ3) is 5.66. The molecule has 29 heavy (non-hydrogen) atoms. The minimum absolute atomic E-state index is 0.00679. The van der Waals surface area contributed by atoms with Crippen molar-refractivity contribution in [3.05, 3.63) is 53.1 Å². The summed E-state index contributed by atoms with van der Waals surface area (Å²) in [7, 11) is 2.80. The summed E-state index contributed by atoms with van der Waals surface area (Å²) in [5.41, 5.74) is -0.107. The zero-order chi connectivity index (χ0) is 21.8. The number of carbonyl (C=O) groups is 2. The van der Waals surface area contributed by atoms with E-state index in [-0.39, 0.29) is 34.4 Å². The van der Waals surface area contributed by atoms with Crippen LogP contribution >= 0.6 is 11.8 Å². The van der Waals surface area contributed by atoms with E-state index in [2.05, 4.69) is 0 Å². The lowest BCUT2D eigenvalue weighted by Crippen LogP contribution is -2.23. The van der Waals surface area contributed by atoms with Crippen LogP contribution in [0.4, 0.5) is 13.2 Å². The molecule has 9 heteroatoms. The Bertz CT molecular complexity index is 915. The average Bonchev–Trinajstić information content (AvgIpc) is 2.67. The van der Waals surface area contributed by atoms with Crippen molar-refractivity contribution >= 4 is 23.6 Å². The smallest absolute Gasteiger partial charge is 0.417 e. The number of alkyl halides is 3. The van der Waals surface area contributed by atoms with Crippen molar-refractivity contribution in [3.8, 4) is 11.5 Å². The first kappa shape index (κ1) is 22.6. The number of ether oxygens (including phenoxy) is 2. The molecule has 0 unspecified atom stereocenters. The van der Waals surface area contributed by atoms with Crippen molar-refractivity contribution in [2.24, 2.45) is 0 Å². The largest absolute Gasteiger partial charge is 0.465 e. The van der Waals surface area contributed by atoms with Crippen molar-refractivity contribution in [1.82, 2.24) is 4.90 Å². The fourth-order valence-electron chi connectivity index (χ4n) is 2.51. The molecule has 5 nitrogen and oxygen atoms in total. The number of thioether (sulfide) groups is 1. The number of halogens is 3. The Balaban J connectivity index is 2.46. The summed E-state index contributed by atoms with van der Waals surface area (Å²) in [6, 6.07) is 8.10. The van der Waals surface area contributed by atoms with E-state index in [0.717, 1.165) is 17.8 Å². The number of hydrogen-bond acceptors (Lipinski definition) is 5. The van der Waals surface area contributed by atoms with Crippen LogP contribution in [-0.2, 0) is 22.3 Å². The summed E-state index contributed by atoms with van der Waals surface area (Å²) >= 11 is 0.989. The first-order valence-electron chi connectivity index (χ1n) is 8.42. The van der Waals surface area contributed by atoms with E-state index in [9.17, 15) is 22.8 Å². The van der Waals surface area contributed by atoms with Gasteiger partial charge in [-0.3, -0.25) is 4.79 Å². The number of amides is 1. The fraction of sp³-hybridized carbons (Fsp3) is 0.300. The van der Waals surface area contributed by atoms with Crippen molar-refractivity contribution < 1.29 is 32.2 Å². The highest BCUT2D eigenvalue weighted by atomic mass is 32.2. The van der Waals surface area contributed by atoms with Gasteiger partial charge in [-0.1, -0.05) is 0 Å². The second-order valence-corrected chi connectivity index (χ2v) is 7.00. The zero-order valence-electron chi connectivity index (χ0n) is 16.3. The Hall–Kier alpha value is -2.68. The lowest BCUT2D eigenvalue weighted by Gasteiger charge is -2.19. The summed E-state index contributed by atoms with van der Waals surface area (Å²) in [4.78, 5) is 24.9. The van der Waals surface area contributed by atoms with Crippen LogP contribution in [0.15, 0.2) is 41.3 Å². The van der Waals surface area contributed by atoms with Crippen LogP contribution in [-0.4, -0.2) is 37.2 Å². The lowest BCUT2D eigenvalue weighted by atomic mass is 10.1. The second kappa shape index (κ2) is 9.21. The molecule has 0 aliphatic rings. The van der Waals surface area contributed by atoms with Gasteiger partial charge < -0.3 is 14.4 Å². The highest BCUT2D eigenvalue weighted by molar-refractivity contribution is 7.98. The van der Waals surface area contributed by atoms with Crippen LogP contribution in [0.25, 0.3) is 0 Å². The van der Waals surface area contributed by atoms with E-state index < -0.39 is 17.7 Å². The third-order valence-corrected chi connectivity index (χ3v) is 4.93. The number of benzene rings is 2. The van der Waals surface area contributed by atoms with Gasteiger partial charge in [0.1, 0.15) is 11.5 Å². The van der Waals surface area contributed by atoms with Gasteiger partial charge in [0, 0.05) is 31.0 Å². The van der Waals surface area contributed by atoms with Crippen molar-refractivity contribution in [2.75, 3.05) is 20.4 Å². The summed E-state index contributed by atoms with van der Waals surface area (Å²) in [6.07, 6.45) is -2.96. The third-order valence-electron chi connectivity index (χ3n) is 4.13. The molecule has 0 fully saturated rings. The van der Waals surface area contributed by atoms with Gasteiger partial charge in [-0.05, 0) is 42.7 Å². The molecule has 0 atom stereocenters. The highest BCUT2D eigenvalue weighted by Gasteiger charge is 2.34. The molecule has 0 spiro atoms. The Kier molecular flexibility index (Phi) is 7.18. The number of rotatable bonds is 6. The molecule has 0 aliphatic heterocycles. The Labute approximate surface area is 170 Å². The molecule has 156 valence electrons. The van der Waals surface area contributed by atoms with Gasteiger partial charge >= 0.3 is 12.1 Å². The Morgan fingerprint density at radius 1 is 1.14 bits per heavy atom. The predicted octanol–water partition coefficient (Wildman–Crippen LogP) is 4.98. The normalized spacial score (nSPS) is 11.1. The maximum Gasteiger partial charge on any atom is 0.417 e. The molecule has 0 aliphatic carbocycles. The van der Waals surface area contributed by atoms with Crippen LogP contribution in [0.5, 0.6) is 11.5 Å². The highest BCUT2D eigenvalue weighted by Crippen LogP contribution is 2.39. The Morgan fingerprint density at radius 3 is 2.38 bits per heavy atom. The summed E-state index contributed by atoms with van der Waals surface area (Å²) < 4.78 is 50.3. The van der Waals surface area contributed by atoms with Gasteiger partial charge in [0.25, 0.3) is 0 Å². The van der Waals surface area contributed by atoms with Crippen LogP contribution in [0, 0.1) is 0 Å². The van der Waals surface area contributed by atoms with Gasteiger partial charge in [-0.2, -0.15) is 13.2 Å². The second-order valence-electron chi connectivity index (χ2n) is 6.15. The molecule has 2 aromatic carbocycles. The molecular formula is C20H20F3NO4S. The predicted molar refractivity (Wildman–Crippen MR) is 103 cm³/mol. The molecule has 2 rings (SSSR count). The molecule has 2 aromatic rings. The first-order chi connectivity index (χ1) is 13.6. The molecular weight excluding hydrogens is 407 g/mol. The summed E-state index contributed by atoms with van der Waals surface area (Å²) in [6.45, 7) is 1.48. The van der Waals surface area contributed by atoms with Crippen LogP contribution in [0.3, 0.4) is 0 Å². The van der Waals surface area contributed by atoms with Crippen LogP contribution in [0.1, 0.15) is 28.4 Å². The molecule has 0 bridgehead atoms. The summed E-state index contributed by atoms with van der Waals surface area (Å²) in [5, 5.41) is 0. The van der Waals surface area contributed by atoms with Crippen molar-refractivity contribution in [3.63, 3.8) is 0 Å². The Morgan fingerprint density at radius 2 is 1.83 bits per heavy atom. The van der Waals surface area contributed by atoms with E-state index in [4.69, 9.17) is 9.47 Å². The maximum absolute atomic E-state index is 13.3. The first-order valence-corrected chi connectivity index (χ1v) is 9.65. The number of esters is 1. The SMILES string of the molecule is COC(=O)c1ccc(Oc2ccc(SC)c(C(F)(F)F)c2)c(CN(C)C(C)=O)c1. The number of hydrogen-bond donors (Lipinski definition) is 0. The number of nitrogens with zero attached hydrogens (tertiary/aromatic N) is 1. The van der Waals surface area contributed by atoms with Crippen LogP contribution in [0.2, 0.25) is 0 Å². The quantitative estimate of drug-likeness (QED) is 0.481. The van der Waals surface area contributed by atoms with Gasteiger partial charge in [0.2, 0.25) is 5.91 Å². The minimum Gasteiger partial charge on any atom is -0.465 e. The molecule has 0 heterocycles. The van der Waals surface area contributed by atoms with Crippen LogP contribution < -0.4 is 4.74 Å². The topological polar surface area (TPSA) is 55.8 Å². The van der Waals surface area contributed by atoms with Gasteiger partial charge in [-0.15, -0.1) is 11.8 Å². The van der Waals surface area contributed by atoms with Crippen molar-refractivity contribution in [1.29, 1.82) is 0 Å². The number of carbonyl (C=O) groups excluding carboxylic acids is 2. The molecule has 0 radical (unpaired) electrons. The zero-order valence-corrected chi connectivity index (χ0v) is 17.1. The molecule has 1 amide bonds. The van der Waals surface area contributed by atoms with Crippen molar-refractivity contribution in [2.45, 2.75) is 24.5 Å². The monoisotopic (exact) mass is 427 g/mol. The molecule has 0 N–H and O–H groups in total.